The number of carboxylic acid groups (broad SMARTS) is 1. The summed E-state index contributed by atoms with van der Waals surface area (Å²) >= 11 is 0. The molecule has 0 aromatic heterocycles. The lowest BCUT2D eigenvalue weighted by Crippen LogP contribution is -2.49. The van der Waals surface area contributed by atoms with Gasteiger partial charge in [0.15, 0.2) is 0 Å². The van der Waals surface area contributed by atoms with Gasteiger partial charge >= 0.3 is 5.97 Å². The molecule has 2 aromatic rings. The predicted octanol–water partition coefficient (Wildman–Crippen LogP) is 5.71. The lowest BCUT2D eigenvalue weighted by Gasteiger charge is -2.33. The molecule has 2 aliphatic rings. The molecule has 7 heteroatoms. The maximum Gasteiger partial charge on any atom is 0.348 e. The maximum absolute atomic E-state index is 12.2. The van der Waals surface area contributed by atoms with Crippen LogP contribution in [0.1, 0.15) is 62.1 Å². The van der Waals surface area contributed by atoms with Crippen LogP contribution in [0.15, 0.2) is 24.3 Å². The molecule has 0 radical (unpaired) electrons. The van der Waals surface area contributed by atoms with E-state index < -0.39 is 11.6 Å². The molecular formula is C29H38O7. The summed E-state index contributed by atoms with van der Waals surface area (Å²) in [4.78, 5) is 12.2. The molecule has 2 aromatic carbocycles. The Balaban J connectivity index is 1.77. The second-order valence-electron chi connectivity index (χ2n) is 9.67. The number of carbonyl (C=O) groups is 1. The van der Waals surface area contributed by atoms with Crippen LogP contribution in [0.25, 0.3) is 11.1 Å². The molecular weight excluding hydrogens is 460 g/mol. The lowest BCUT2D eigenvalue weighted by molar-refractivity contribution is -0.163. The van der Waals surface area contributed by atoms with Crippen LogP contribution in [0.4, 0.5) is 0 Å². The lowest BCUT2D eigenvalue weighted by atomic mass is 9.91. The van der Waals surface area contributed by atoms with E-state index in [9.17, 15) is 9.90 Å². The van der Waals surface area contributed by atoms with Gasteiger partial charge in [-0.1, -0.05) is 25.8 Å². The molecule has 0 spiro atoms. The third-order valence-electron chi connectivity index (χ3n) is 7.51. The van der Waals surface area contributed by atoms with Gasteiger partial charge in [0.05, 0.1) is 40.1 Å². The van der Waals surface area contributed by atoms with Crippen LogP contribution < -0.4 is 14.2 Å². The third-order valence-corrected chi connectivity index (χ3v) is 7.51. The van der Waals surface area contributed by atoms with Gasteiger partial charge in [-0.25, -0.2) is 4.79 Å². The zero-order chi connectivity index (χ0) is 25.7. The van der Waals surface area contributed by atoms with Gasteiger partial charge in [0.25, 0.3) is 0 Å². The average molecular weight is 499 g/mol. The van der Waals surface area contributed by atoms with Crippen LogP contribution in [0.3, 0.4) is 0 Å². The van der Waals surface area contributed by atoms with Crippen LogP contribution in [0.5, 0.6) is 17.2 Å². The number of rotatable bonds is 10. The fraction of sp³-hybridized carbons (Fsp3) is 0.552. The Morgan fingerprint density at radius 1 is 1.08 bits per heavy atom. The minimum Gasteiger partial charge on any atom is -0.496 e. The second-order valence-corrected chi connectivity index (χ2v) is 9.67. The van der Waals surface area contributed by atoms with E-state index in [4.69, 9.17) is 23.7 Å². The average Bonchev–Trinajstić information content (AvgIpc) is 3.41. The number of hydrogen-bond acceptors (Lipinski definition) is 6. The first-order valence-electron chi connectivity index (χ1n) is 12.9. The highest BCUT2D eigenvalue weighted by molar-refractivity contribution is 5.79. The Morgan fingerprint density at radius 2 is 1.81 bits per heavy atom. The highest BCUT2D eigenvalue weighted by atomic mass is 16.5. The van der Waals surface area contributed by atoms with Gasteiger partial charge in [-0.3, -0.25) is 0 Å². The Hall–Kier alpha value is -2.77. The largest absolute Gasteiger partial charge is 0.496 e. The molecule has 1 saturated heterocycles. The smallest absolute Gasteiger partial charge is 0.348 e. The number of aliphatic carboxylic acids is 1. The van der Waals surface area contributed by atoms with E-state index in [0.29, 0.717) is 38.4 Å². The zero-order valence-electron chi connectivity index (χ0n) is 21.9. The SMILES string of the molecule is CCc1c(-c2ccc(OC3(C(=O)O)CCOCC3)cc2COC2CCCC2)cc(OC)c(C)c1OC. The number of hydrogen-bond donors (Lipinski definition) is 1. The molecule has 1 N–H and O–H groups in total. The van der Waals surface area contributed by atoms with Crippen molar-refractivity contribution in [1.29, 1.82) is 0 Å². The summed E-state index contributed by atoms with van der Waals surface area (Å²) in [5, 5.41) is 9.98. The molecule has 196 valence electrons. The predicted molar refractivity (Wildman–Crippen MR) is 137 cm³/mol. The third kappa shape index (κ3) is 5.32. The molecule has 2 fully saturated rings. The summed E-state index contributed by atoms with van der Waals surface area (Å²) in [5.74, 6) is 1.15. The van der Waals surface area contributed by atoms with Crippen molar-refractivity contribution in [2.75, 3.05) is 27.4 Å². The number of methoxy groups -OCH3 is 2. The van der Waals surface area contributed by atoms with Crippen LogP contribution in [-0.2, 0) is 27.3 Å². The monoisotopic (exact) mass is 498 g/mol. The van der Waals surface area contributed by atoms with Crippen molar-refractivity contribution in [2.45, 2.75) is 77.1 Å². The van der Waals surface area contributed by atoms with E-state index >= 15 is 0 Å². The number of carboxylic acids is 1. The molecule has 4 rings (SSSR count). The molecule has 0 bridgehead atoms. The molecule has 1 saturated carbocycles. The van der Waals surface area contributed by atoms with Gasteiger partial charge in [0.1, 0.15) is 17.2 Å². The minimum absolute atomic E-state index is 0.246. The van der Waals surface area contributed by atoms with E-state index in [-0.39, 0.29) is 6.10 Å². The first kappa shape index (κ1) is 26.3. The normalized spacial score (nSPS) is 17.7. The second kappa shape index (κ2) is 11.5. The van der Waals surface area contributed by atoms with Crippen molar-refractivity contribution in [1.82, 2.24) is 0 Å². The molecule has 0 atom stereocenters. The summed E-state index contributed by atoms with van der Waals surface area (Å²) in [5.41, 5.74) is 3.76. The number of ether oxygens (including phenoxy) is 5. The van der Waals surface area contributed by atoms with Gasteiger partial charge in [-0.2, -0.15) is 0 Å². The Morgan fingerprint density at radius 3 is 2.42 bits per heavy atom. The fourth-order valence-corrected chi connectivity index (χ4v) is 5.43. The topological polar surface area (TPSA) is 83.5 Å². The quantitative estimate of drug-likeness (QED) is 0.449. The van der Waals surface area contributed by atoms with Crippen LogP contribution in [0.2, 0.25) is 0 Å². The van der Waals surface area contributed by atoms with Crippen molar-refractivity contribution < 1.29 is 33.6 Å². The standard InChI is InChI=1S/C29H38O7/c1-5-23-25(17-26(32-3)19(2)27(23)33-4)24-11-10-22(16-20(24)18-35-21-8-6-7-9-21)36-29(28(30)31)12-14-34-15-13-29/h10-11,16-17,21H,5-9,12-15,18H2,1-4H3,(H,30,31). The van der Waals surface area contributed by atoms with Crippen LogP contribution in [0, 0.1) is 6.92 Å². The summed E-state index contributed by atoms with van der Waals surface area (Å²) in [6, 6.07) is 7.85. The highest BCUT2D eigenvalue weighted by Gasteiger charge is 2.43. The van der Waals surface area contributed by atoms with E-state index in [1.807, 2.05) is 25.1 Å². The summed E-state index contributed by atoms with van der Waals surface area (Å²) < 4.78 is 29.4. The molecule has 1 heterocycles. The van der Waals surface area contributed by atoms with Gasteiger partial charge in [0.2, 0.25) is 5.60 Å². The summed E-state index contributed by atoms with van der Waals surface area (Å²) in [7, 11) is 3.35. The molecule has 7 nitrogen and oxygen atoms in total. The minimum atomic E-state index is -1.28. The van der Waals surface area contributed by atoms with E-state index in [1.165, 1.54) is 12.8 Å². The van der Waals surface area contributed by atoms with Crippen LogP contribution in [-0.4, -0.2) is 50.2 Å². The molecule has 0 unspecified atom stereocenters. The van der Waals surface area contributed by atoms with Gasteiger partial charge in [-0.05, 0) is 61.1 Å². The Labute approximate surface area is 213 Å². The molecule has 1 aliphatic heterocycles. The van der Waals surface area contributed by atoms with E-state index in [2.05, 4.69) is 13.0 Å². The number of benzene rings is 2. The van der Waals surface area contributed by atoms with Crippen LogP contribution >= 0.6 is 0 Å². The zero-order valence-corrected chi connectivity index (χ0v) is 21.9. The first-order valence-corrected chi connectivity index (χ1v) is 12.9. The van der Waals surface area contributed by atoms with Gasteiger partial charge in [0, 0.05) is 24.0 Å². The highest BCUT2D eigenvalue weighted by Crippen LogP contribution is 2.42. The van der Waals surface area contributed by atoms with E-state index in [1.54, 1.807) is 14.2 Å². The van der Waals surface area contributed by atoms with Crippen molar-refractivity contribution in [3.05, 3.63) is 41.0 Å². The van der Waals surface area contributed by atoms with E-state index in [0.717, 1.165) is 58.6 Å². The van der Waals surface area contributed by atoms with Crippen molar-refractivity contribution >= 4 is 5.97 Å². The molecule has 1 aliphatic carbocycles. The van der Waals surface area contributed by atoms with Crippen molar-refractivity contribution in [3.8, 4) is 28.4 Å². The fourth-order valence-electron chi connectivity index (χ4n) is 5.43. The molecule has 36 heavy (non-hydrogen) atoms. The van der Waals surface area contributed by atoms with Crippen molar-refractivity contribution in [3.63, 3.8) is 0 Å². The maximum atomic E-state index is 12.2. The Kier molecular flexibility index (Phi) is 8.42. The summed E-state index contributed by atoms with van der Waals surface area (Å²) in [6.45, 7) is 5.26. The first-order chi connectivity index (χ1) is 17.4. The summed E-state index contributed by atoms with van der Waals surface area (Å²) in [6.07, 6.45) is 6.17. The Bertz CT molecular complexity index is 1070. The van der Waals surface area contributed by atoms with Gasteiger partial charge < -0.3 is 28.8 Å². The van der Waals surface area contributed by atoms with Crippen molar-refractivity contribution in [2.24, 2.45) is 0 Å². The van der Waals surface area contributed by atoms with Gasteiger partial charge in [-0.15, -0.1) is 0 Å². The molecule has 0 amide bonds.